The third-order valence-corrected chi connectivity index (χ3v) is 4.21. The van der Waals surface area contributed by atoms with E-state index in [0.29, 0.717) is 6.54 Å². The zero-order valence-corrected chi connectivity index (χ0v) is 12.4. The van der Waals surface area contributed by atoms with E-state index in [1.807, 2.05) is 12.1 Å². The quantitative estimate of drug-likeness (QED) is 0.820. The highest BCUT2D eigenvalue weighted by Gasteiger charge is 2.39. The monoisotopic (exact) mass is 262 g/mol. The molecule has 1 aliphatic rings. The molecule has 0 radical (unpaired) electrons. The second-order valence-corrected chi connectivity index (χ2v) is 5.74. The van der Waals surface area contributed by atoms with Crippen LogP contribution in [-0.2, 0) is 6.42 Å². The standard InChI is InChI=1S/C16H26N2O/c1-4-18(14-7-8-14)16(2,12-17)11-13-5-9-15(19-3)10-6-13/h5-6,9-10,14H,4,7-8,11-12,17H2,1-3H3. The lowest BCUT2D eigenvalue weighted by Crippen LogP contribution is -2.54. The second kappa shape index (κ2) is 5.93. The molecule has 1 fully saturated rings. The van der Waals surface area contributed by atoms with Crippen LogP contribution < -0.4 is 10.5 Å². The summed E-state index contributed by atoms with van der Waals surface area (Å²) in [6.07, 6.45) is 3.65. The molecule has 3 heteroatoms. The van der Waals surface area contributed by atoms with Gasteiger partial charge in [-0.05, 0) is 50.4 Å². The summed E-state index contributed by atoms with van der Waals surface area (Å²) >= 11 is 0. The van der Waals surface area contributed by atoms with Crippen LogP contribution in [0.15, 0.2) is 24.3 Å². The number of ether oxygens (including phenoxy) is 1. The molecule has 0 spiro atoms. The largest absolute Gasteiger partial charge is 0.497 e. The molecule has 0 heterocycles. The minimum absolute atomic E-state index is 0.0600. The number of hydrogen-bond donors (Lipinski definition) is 1. The van der Waals surface area contributed by atoms with Crippen LogP contribution in [0, 0.1) is 0 Å². The Morgan fingerprint density at radius 2 is 1.95 bits per heavy atom. The fourth-order valence-electron chi connectivity index (χ4n) is 2.94. The predicted octanol–water partition coefficient (Wildman–Crippen LogP) is 2.44. The smallest absolute Gasteiger partial charge is 0.118 e. The normalized spacial score (nSPS) is 18.4. The molecule has 3 nitrogen and oxygen atoms in total. The summed E-state index contributed by atoms with van der Waals surface area (Å²) < 4.78 is 5.21. The molecule has 1 aliphatic carbocycles. The van der Waals surface area contributed by atoms with Crippen LogP contribution in [0.5, 0.6) is 5.75 Å². The maximum absolute atomic E-state index is 6.09. The molecule has 0 aromatic heterocycles. The summed E-state index contributed by atoms with van der Waals surface area (Å²) in [6, 6.07) is 9.09. The van der Waals surface area contributed by atoms with Crippen LogP contribution in [-0.4, -0.2) is 36.7 Å². The van der Waals surface area contributed by atoms with Crippen LogP contribution >= 0.6 is 0 Å². The molecule has 106 valence electrons. The van der Waals surface area contributed by atoms with Crippen molar-refractivity contribution in [3.63, 3.8) is 0 Å². The van der Waals surface area contributed by atoms with Gasteiger partial charge in [-0.2, -0.15) is 0 Å². The molecule has 1 unspecified atom stereocenters. The number of nitrogens with two attached hydrogens (primary N) is 1. The molecule has 1 aromatic rings. The Kier molecular flexibility index (Phi) is 4.48. The maximum atomic E-state index is 6.09. The molecule has 0 bridgehead atoms. The molecule has 1 saturated carbocycles. The molecule has 2 N–H and O–H groups in total. The van der Waals surface area contributed by atoms with E-state index < -0.39 is 0 Å². The van der Waals surface area contributed by atoms with Gasteiger partial charge >= 0.3 is 0 Å². The van der Waals surface area contributed by atoms with Gasteiger partial charge < -0.3 is 10.5 Å². The summed E-state index contributed by atoms with van der Waals surface area (Å²) in [5.41, 5.74) is 7.47. The minimum atomic E-state index is 0.0600. The number of benzene rings is 1. The van der Waals surface area contributed by atoms with Gasteiger partial charge in [-0.25, -0.2) is 0 Å². The summed E-state index contributed by atoms with van der Waals surface area (Å²) in [4.78, 5) is 2.58. The van der Waals surface area contributed by atoms with Gasteiger partial charge in [0, 0.05) is 18.1 Å². The fraction of sp³-hybridized carbons (Fsp3) is 0.625. The van der Waals surface area contributed by atoms with E-state index in [4.69, 9.17) is 10.5 Å². The average molecular weight is 262 g/mol. The Hall–Kier alpha value is -1.06. The second-order valence-electron chi connectivity index (χ2n) is 5.74. The van der Waals surface area contributed by atoms with Crippen molar-refractivity contribution in [1.82, 2.24) is 4.90 Å². The molecule has 19 heavy (non-hydrogen) atoms. The highest BCUT2D eigenvalue weighted by atomic mass is 16.5. The number of methoxy groups -OCH3 is 1. The Balaban J connectivity index is 2.11. The van der Waals surface area contributed by atoms with Crippen LogP contribution in [0.25, 0.3) is 0 Å². The highest BCUT2D eigenvalue weighted by Crippen LogP contribution is 2.34. The van der Waals surface area contributed by atoms with E-state index in [9.17, 15) is 0 Å². The van der Waals surface area contributed by atoms with Crippen molar-refractivity contribution in [2.45, 2.75) is 44.7 Å². The van der Waals surface area contributed by atoms with Gasteiger partial charge in [0.1, 0.15) is 5.75 Å². The third kappa shape index (κ3) is 3.28. The van der Waals surface area contributed by atoms with Crippen molar-refractivity contribution >= 4 is 0 Å². The lowest BCUT2D eigenvalue weighted by Gasteiger charge is -2.40. The lowest BCUT2D eigenvalue weighted by molar-refractivity contribution is 0.107. The van der Waals surface area contributed by atoms with Crippen LogP contribution in [0.3, 0.4) is 0 Å². The van der Waals surface area contributed by atoms with Crippen molar-refractivity contribution in [1.29, 1.82) is 0 Å². The topological polar surface area (TPSA) is 38.5 Å². The zero-order valence-electron chi connectivity index (χ0n) is 12.4. The van der Waals surface area contributed by atoms with E-state index >= 15 is 0 Å². The van der Waals surface area contributed by atoms with Gasteiger partial charge in [0.25, 0.3) is 0 Å². The fourth-order valence-corrected chi connectivity index (χ4v) is 2.94. The van der Waals surface area contributed by atoms with Gasteiger partial charge in [-0.1, -0.05) is 19.1 Å². The first kappa shape index (κ1) is 14.4. The molecule has 1 aromatic carbocycles. The Bertz CT molecular complexity index is 400. The lowest BCUT2D eigenvalue weighted by atomic mass is 9.90. The van der Waals surface area contributed by atoms with E-state index in [1.54, 1.807) is 7.11 Å². The third-order valence-electron chi connectivity index (χ3n) is 4.21. The van der Waals surface area contributed by atoms with Gasteiger partial charge in [0.2, 0.25) is 0 Å². The van der Waals surface area contributed by atoms with Crippen molar-refractivity contribution in [3.8, 4) is 5.75 Å². The van der Waals surface area contributed by atoms with Gasteiger partial charge in [0.05, 0.1) is 7.11 Å². The number of likely N-dealkylation sites (N-methyl/N-ethyl adjacent to an activating group) is 1. The number of hydrogen-bond acceptors (Lipinski definition) is 3. The van der Waals surface area contributed by atoms with E-state index in [2.05, 4.69) is 30.9 Å². The molecule has 2 rings (SSSR count). The van der Waals surface area contributed by atoms with Crippen molar-refractivity contribution in [2.75, 3.05) is 20.2 Å². The Labute approximate surface area is 116 Å². The summed E-state index contributed by atoms with van der Waals surface area (Å²) in [6.45, 7) is 6.30. The average Bonchev–Trinajstić information content (AvgIpc) is 3.25. The summed E-state index contributed by atoms with van der Waals surface area (Å²) in [5, 5.41) is 0. The first-order valence-electron chi connectivity index (χ1n) is 7.22. The molecule has 1 atom stereocenters. The van der Waals surface area contributed by atoms with Gasteiger partial charge in [-0.15, -0.1) is 0 Å². The summed E-state index contributed by atoms with van der Waals surface area (Å²) in [7, 11) is 1.70. The maximum Gasteiger partial charge on any atom is 0.118 e. The van der Waals surface area contributed by atoms with Gasteiger partial charge in [-0.3, -0.25) is 4.90 Å². The first-order chi connectivity index (χ1) is 9.12. The zero-order chi connectivity index (χ0) is 13.9. The highest BCUT2D eigenvalue weighted by molar-refractivity contribution is 5.28. The van der Waals surface area contributed by atoms with E-state index in [0.717, 1.165) is 24.8 Å². The van der Waals surface area contributed by atoms with E-state index in [1.165, 1.54) is 18.4 Å². The van der Waals surface area contributed by atoms with Crippen molar-refractivity contribution in [2.24, 2.45) is 5.73 Å². The number of nitrogens with zero attached hydrogens (tertiary/aromatic N) is 1. The molecule has 0 saturated heterocycles. The molecular formula is C16H26N2O. The molecule has 0 amide bonds. The Morgan fingerprint density at radius 1 is 1.32 bits per heavy atom. The first-order valence-corrected chi connectivity index (χ1v) is 7.22. The number of rotatable bonds is 7. The molecule has 0 aliphatic heterocycles. The SMILES string of the molecule is CCN(C1CC1)C(C)(CN)Cc1ccc(OC)cc1. The van der Waals surface area contributed by atoms with Crippen molar-refractivity contribution in [3.05, 3.63) is 29.8 Å². The van der Waals surface area contributed by atoms with Crippen LogP contribution in [0.4, 0.5) is 0 Å². The van der Waals surface area contributed by atoms with Crippen LogP contribution in [0.2, 0.25) is 0 Å². The van der Waals surface area contributed by atoms with Gasteiger partial charge in [0.15, 0.2) is 0 Å². The van der Waals surface area contributed by atoms with Crippen LogP contribution in [0.1, 0.15) is 32.3 Å². The minimum Gasteiger partial charge on any atom is -0.497 e. The van der Waals surface area contributed by atoms with Crippen molar-refractivity contribution < 1.29 is 4.74 Å². The summed E-state index contributed by atoms with van der Waals surface area (Å²) in [5.74, 6) is 0.910. The Morgan fingerprint density at radius 3 is 2.37 bits per heavy atom. The molecular weight excluding hydrogens is 236 g/mol. The van der Waals surface area contributed by atoms with E-state index in [-0.39, 0.29) is 5.54 Å². The predicted molar refractivity (Wildman–Crippen MR) is 79.6 cm³/mol.